The Bertz CT molecular complexity index is 513. The highest BCUT2D eigenvalue weighted by atomic mass is 19.1. The van der Waals surface area contributed by atoms with Gasteiger partial charge >= 0.3 is 7.12 Å². The van der Waals surface area contributed by atoms with E-state index < -0.39 is 7.12 Å². The number of rotatable bonds is 2. The highest BCUT2D eigenvalue weighted by Gasteiger charge is 2.14. The van der Waals surface area contributed by atoms with E-state index in [4.69, 9.17) is 10.0 Å². The van der Waals surface area contributed by atoms with Gasteiger partial charge in [-0.2, -0.15) is 5.10 Å². The van der Waals surface area contributed by atoms with Gasteiger partial charge in [0.05, 0.1) is 5.69 Å². The summed E-state index contributed by atoms with van der Waals surface area (Å²) in [4.78, 5) is 0. The maximum absolute atomic E-state index is 12.9. The molecule has 0 bridgehead atoms. The molecular weight excluding hydrogens is 210 g/mol. The van der Waals surface area contributed by atoms with Crippen LogP contribution in [-0.2, 0) is 0 Å². The largest absolute Gasteiger partial charge is 0.491 e. The molecule has 2 aromatic rings. The summed E-state index contributed by atoms with van der Waals surface area (Å²) in [5, 5.41) is 21.9. The van der Waals surface area contributed by atoms with Gasteiger partial charge < -0.3 is 10.0 Å². The normalized spacial score (nSPS) is 10.5. The first-order valence-corrected chi connectivity index (χ1v) is 4.75. The van der Waals surface area contributed by atoms with Crippen molar-refractivity contribution < 1.29 is 14.4 Å². The third kappa shape index (κ3) is 1.98. The van der Waals surface area contributed by atoms with Crippen LogP contribution in [0.15, 0.2) is 30.6 Å². The van der Waals surface area contributed by atoms with Crippen molar-refractivity contribution >= 4 is 12.6 Å². The molecule has 1 heterocycles. The maximum Gasteiger partial charge on any atom is 0.491 e. The van der Waals surface area contributed by atoms with Crippen LogP contribution in [0.3, 0.4) is 0 Å². The summed E-state index contributed by atoms with van der Waals surface area (Å²) in [5.74, 6) is -0.309. The molecule has 0 spiro atoms. The van der Waals surface area contributed by atoms with Crippen molar-refractivity contribution in [2.24, 2.45) is 0 Å². The molecule has 0 aliphatic heterocycles. The van der Waals surface area contributed by atoms with Crippen LogP contribution in [0.5, 0.6) is 0 Å². The minimum Gasteiger partial charge on any atom is -0.423 e. The lowest BCUT2D eigenvalue weighted by Gasteiger charge is -2.05. The lowest BCUT2D eigenvalue weighted by Crippen LogP contribution is -2.28. The Balaban J connectivity index is 2.42. The van der Waals surface area contributed by atoms with Gasteiger partial charge in [-0.05, 0) is 30.7 Å². The molecule has 2 N–H and O–H groups in total. The van der Waals surface area contributed by atoms with Crippen molar-refractivity contribution in [1.29, 1.82) is 0 Å². The molecule has 82 valence electrons. The summed E-state index contributed by atoms with van der Waals surface area (Å²) >= 11 is 0. The van der Waals surface area contributed by atoms with Gasteiger partial charge in [0.2, 0.25) is 0 Å². The van der Waals surface area contributed by atoms with Crippen LogP contribution in [0.4, 0.5) is 4.39 Å². The van der Waals surface area contributed by atoms with Crippen molar-refractivity contribution in [3.63, 3.8) is 0 Å². The highest BCUT2D eigenvalue weighted by Crippen LogP contribution is 2.13. The van der Waals surface area contributed by atoms with Gasteiger partial charge in [-0.15, -0.1) is 0 Å². The van der Waals surface area contributed by atoms with Gasteiger partial charge in [0.1, 0.15) is 5.82 Å². The topological polar surface area (TPSA) is 58.3 Å². The smallest absolute Gasteiger partial charge is 0.423 e. The van der Waals surface area contributed by atoms with Crippen molar-refractivity contribution in [3.05, 3.63) is 42.0 Å². The molecule has 0 saturated carbocycles. The zero-order valence-corrected chi connectivity index (χ0v) is 8.63. The Kier molecular flexibility index (Phi) is 2.76. The third-order valence-electron chi connectivity index (χ3n) is 2.31. The Hall–Kier alpha value is -1.66. The Morgan fingerprint density at radius 1 is 1.38 bits per heavy atom. The van der Waals surface area contributed by atoms with Crippen molar-refractivity contribution in [1.82, 2.24) is 9.78 Å². The second kappa shape index (κ2) is 4.07. The van der Waals surface area contributed by atoms with Gasteiger partial charge in [-0.3, -0.25) is 0 Å². The number of aryl methyl sites for hydroxylation is 1. The molecule has 0 amide bonds. The van der Waals surface area contributed by atoms with E-state index in [1.165, 1.54) is 29.2 Å². The lowest BCUT2D eigenvalue weighted by molar-refractivity contribution is 0.426. The number of hydrogen-bond donors (Lipinski definition) is 2. The van der Waals surface area contributed by atoms with Crippen LogP contribution in [0.25, 0.3) is 5.69 Å². The molecule has 16 heavy (non-hydrogen) atoms. The van der Waals surface area contributed by atoms with E-state index in [0.717, 1.165) is 5.56 Å². The Morgan fingerprint density at radius 3 is 2.69 bits per heavy atom. The van der Waals surface area contributed by atoms with E-state index in [1.807, 2.05) is 0 Å². The van der Waals surface area contributed by atoms with E-state index in [9.17, 15) is 4.39 Å². The molecule has 0 aliphatic carbocycles. The fourth-order valence-electron chi connectivity index (χ4n) is 1.48. The predicted octanol–water partition coefficient (Wildman–Crippen LogP) is -0.000380. The molecular formula is C10H10BFN2O2. The molecule has 1 aromatic carbocycles. The van der Waals surface area contributed by atoms with Crippen LogP contribution in [0.1, 0.15) is 5.56 Å². The average molecular weight is 220 g/mol. The van der Waals surface area contributed by atoms with E-state index in [2.05, 4.69) is 5.10 Å². The summed E-state index contributed by atoms with van der Waals surface area (Å²) < 4.78 is 14.4. The number of hydrogen-bond acceptors (Lipinski definition) is 3. The average Bonchev–Trinajstić information content (AvgIpc) is 2.66. The summed E-state index contributed by atoms with van der Waals surface area (Å²) in [6, 6.07) is 4.32. The minimum absolute atomic E-state index is 0.295. The Morgan fingerprint density at radius 2 is 2.12 bits per heavy atom. The molecule has 2 rings (SSSR count). The highest BCUT2D eigenvalue weighted by molar-refractivity contribution is 6.58. The summed E-state index contributed by atoms with van der Waals surface area (Å²) in [6.07, 6.45) is 2.85. The fraction of sp³-hybridized carbons (Fsp3) is 0.100. The van der Waals surface area contributed by atoms with Gasteiger partial charge in [0, 0.05) is 17.9 Å². The van der Waals surface area contributed by atoms with Gasteiger partial charge in [0.15, 0.2) is 0 Å². The van der Waals surface area contributed by atoms with Crippen LogP contribution >= 0.6 is 0 Å². The van der Waals surface area contributed by atoms with Crippen molar-refractivity contribution in [2.75, 3.05) is 0 Å². The van der Waals surface area contributed by atoms with E-state index >= 15 is 0 Å². The minimum atomic E-state index is -1.55. The number of benzene rings is 1. The van der Waals surface area contributed by atoms with Gasteiger partial charge in [-0.25, -0.2) is 9.07 Å². The monoisotopic (exact) mass is 220 g/mol. The van der Waals surface area contributed by atoms with Crippen molar-refractivity contribution in [3.8, 4) is 5.69 Å². The zero-order chi connectivity index (χ0) is 11.7. The van der Waals surface area contributed by atoms with Crippen LogP contribution in [0, 0.1) is 12.7 Å². The molecule has 1 aromatic heterocycles. The maximum atomic E-state index is 12.9. The predicted molar refractivity (Wildman–Crippen MR) is 58.1 cm³/mol. The van der Waals surface area contributed by atoms with Gasteiger partial charge in [-0.1, -0.05) is 0 Å². The zero-order valence-electron chi connectivity index (χ0n) is 8.63. The van der Waals surface area contributed by atoms with Crippen LogP contribution < -0.4 is 5.46 Å². The Labute approximate surface area is 92.1 Å². The summed E-state index contributed by atoms with van der Waals surface area (Å²) in [7, 11) is -1.55. The quantitative estimate of drug-likeness (QED) is 0.700. The number of aromatic nitrogens is 2. The second-order valence-electron chi connectivity index (χ2n) is 3.52. The summed E-state index contributed by atoms with van der Waals surface area (Å²) in [5.41, 5.74) is 1.72. The first-order valence-electron chi connectivity index (χ1n) is 4.75. The molecule has 0 saturated heterocycles. The van der Waals surface area contributed by atoms with E-state index in [0.29, 0.717) is 11.2 Å². The first-order chi connectivity index (χ1) is 7.58. The number of nitrogens with zero attached hydrogens (tertiary/aromatic N) is 2. The van der Waals surface area contributed by atoms with Crippen LogP contribution in [0.2, 0.25) is 0 Å². The second-order valence-corrected chi connectivity index (χ2v) is 3.52. The fourth-order valence-corrected chi connectivity index (χ4v) is 1.48. The van der Waals surface area contributed by atoms with Crippen molar-refractivity contribution in [2.45, 2.75) is 6.92 Å². The third-order valence-corrected chi connectivity index (χ3v) is 2.31. The molecule has 0 atom stereocenters. The molecule has 4 nitrogen and oxygen atoms in total. The molecule has 6 heteroatoms. The first kappa shape index (κ1) is 10.8. The van der Waals surface area contributed by atoms with E-state index in [-0.39, 0.29) is 5.82 Å². The lowest BCUT2D eigenvalue weighted by atomic mass is 9.83. The molecule has 0 unspecified atom stereocenters. The SMILES string of the molecule is Cc1cc(F)ccc1-n1cc(B(O)O)cn1. The summed E-state index contributed by atoms with van der Waals surface area (Å²) in [6.45, 7) is 1.76. The molecule has 0 radical (unpaired) electrons. The molecule has 0 aliphatic rings. The van der Waals surface area contributed by atoms with Crippen LogP contribution in [-0.4, -0.2) is 26.9 Å². The number of halogens is 1. The van der Waals surface area contributed by atoms with Gasteiger partial charge in [0.25, 0.3) is 0 Å². The molecule has 0 fully saturated rings. The standard InChI is InChI=1S/C10H10BFN2O2/c1-7-4-9(12)2-3-10(7)14-6-8(5-13-14)11(15)16/h2-6,15-16H,1H3. The van der Waals surface area contributed by atoms with E-state index in [1.54, 1.807) is 13.0 Å².